The number of nitrogens with zero attached hydrogens (tertiary/aromatic N) is 5. The Morgan fingerprint density at radius 1 is 1.29 bits per heavy atom. The maximum Gasteiger partial charge on any atom is 0.265 e. The SMILES string of the molecule is C[C@@H]1c2nnc(-c3nc(C4CC4)co3)n2CCN1C(=O)c1ccc(Cl)c(F)c1. The molecule has 0 unspecified atom stereocenters. The Morgan fingerprint density at radius 2 is 2.11 bits per heavy atom. The highest BCUT2D eigenvalue weighted by atomic mass is 35.5. The molecule has 1 fully saturated rings. The monoisotopic (exact) mass is 401 g/mol. The van der Waals surface area contributed by atoms with Crippen LogP contribution in [0.2, 0.25) is 5.02 Å². The van der Waals surface area contributed by atoms with Gasteiger partial charge in [-0.05, 0) is 38.0 Å². The second-order valence-corrected chi connectivity index (χ2v) is 7.60. The average Bonchev–Trinajstić information content (AvgIpc) is 3.25. The Balaban J connectivity index is 1.42. The first-order valence-electron chi connectivity index (χ1n) is 9.18. The van der Waals surface area contributed by atoms with Crippen LogP contribution in [0.5, 0.6) is 0 Å². The van der Waals surface area contributed by atoms with Crippen LogP contribution in [0, 0.1) is 5.82 Å². The van der Waals surface area contributed by atoms with Crippen molar-refractivity contribution in [2.45, 2.75) is 38.3 Å². The average molecular weight is 402 g/mol. The van der Waals surface area contributed by atoms with Crippen LogP contribution < -0.4 is 0 Å². The number of halogens is 2. The molecule has 9 heteroatoms. The zero-order chi connectivity index (χ0) is 19.4. The highest BCUT2D eigenvalue weighted by Gasteiger charge is 2.34. The summed E-state index contributed by atoms with van der Waals surface area (Å²) >= 11 is 5.72. The minimum Gasteiger partial charge on any atom is -0.442 e. The fourth-order valence-corrected chi connectivity index (χ4v) is 3.69. The highest BCUT2D eigenvalue weighted by molar-refractivity contribution is 6.30. The first-order valence-corrected chi connectivity index (χ1v) is 9.55. The lowest BCUT2D eigenvalue weighted by Gasteiger charge is -2.33. The number of hydrogen-bond donors (Lipinski definition) is 0. The standard InChI is InChI=1S/C19H17ClFN5O2/c1-10-16-23-24-17(18-22-15(9-28-18)11-2-3-11)26(16)7-6-25(10)19(27)12-4-5-13(20)14(21)8-12/h4-5,8-11H,2-3,6-7H2,1H3/t10-/m1/s1. The molecule has 1 saturated carbocycles. The molecule has 1 aliphatic carbocycles. The van der Waals surface area contributed by atoms with E-state index in [0.29, 0.717) is 36.5 Å². The normalized spacial score (nSPS) is 19.0. The predicted octanol–water partition coefficient (Wildman–Crippen LogP) is 3.82. The lowest BCUT2D eigenvalue weighted by Crippen LogP contribution is -2.41. The second kappa shape index (κ2) is 6.41. The molecule has 0 radical (unpaired) electrons. The summed E-state index contributed by atoms with van der Waals surface area (Å²) in [5.74, 6) is 1.28. The fraction of sp³-hybridized carbons (Fsp3) is 0.368. The molecule has 7 nitrogen and oxygen atoms in total. The molecule has 0 N–H and O–H groups in total. The van der Waals surface area contributed by atoms with E-state index >= 15 is 0 Å². The Hall–Kier alpha value is -2.74. The lowest BCUT2D eigenvalue weighted by molar-refractivity contribution is 0.0638. The summed E-state index contributed by atoms with van der Waals surface area (Å²) in [5.41, 5.74) is 1.21. The summed E-state index contributed by atoms with van der Waals surface area (Å²) in [7, 11) is 0. The smallest absolute Gasteiger partial charge is 0.265 e. The number of hydrogen-bond acceptors (Lipinski definition) is 5. The topological polar surface area (TPSA) is 77.1 Å². The van der Waals surface area contributed by atoms with Gasteiger partial charge in [-0.25, -0.2) is 9.37 Å². The molecule has 1 aliphatic heterocycles. The third-order valence-electron chi connectivity index (χ3n) is 5.32. The third-order valence-corrected chi connectivity index (χ3v) is 5.63. The van der Waals surface area contributed by atoms with Crippen LogP contribution in [0.4, 0.5) is 4.39 Å². The molecule has 2 aliphatic rings. The van der Waals surface area contributed by atoms with Crippen LogP contribution in [0.15, 0.2) is 28.9 Å². The van der Waals surface area contributed by atoms with Gasteiger partial charge in [0.2, 0.25) is 5.82 Å². The summed E-state index contributed by atoms with van der Waals surface area (Å²) in [6, 6.07) is 3.75. The van der Waals surface area contributed by atoms with Crippen LogP contribution in [0.25, 0.3) is 11.7 Å². The highest BCUT2D eigenvalue weighted by Crippen LogP contribution is 2.40. The van der Waals surface area contributed by atoms with Crippen molar-refractivity contribution in [3.05, 3.63) is 52.4 Å². The van der Waals surface area contributed by atoms with E-state index in [-0.39, 0.29) is 22.5 Å². The van der Waals surface area contributed by atoms with Crippen LogP contribution in [0.1, 0.15) is 53.6 Å². The van der Waals surface area contributed by atoms with Gasteiger partial charge in [-0.2, -0.15) is 0 Å². The summed E-state index contributed by atoms with van der Waals surface area (Å²) in [6.07, 6.45) is 3.97. The molecule has 28 heavy (non-hydrogen) atoms. The third kappa shape index (κ3) is 2.79. The van der Waals surface area contributed by atoms with Crippen LogP contribution in [0.3, 0.4) is 0 Å². The molecule has 1 aromatic carbocycles. The molecule has 3 heterocycles. The summed E-state index contributed by atoms with van der Waals surface area (Å²) in [4.78, 5) is 19.1. The number of rotatable bonds is 3. The van der Waals surface area contributed by atoms with E-state index in [1.165, 1.54) is 12.1 Å². The molecular weight excluding hydrogens is 385 g/mol. The number of oxazole rings is 1. The van der Waals surface area contributed by atoms with E-state index in [9.17, 15) is 9.18 Å². The molecular formula is C19H17ClFN5O2. The van der Waals surface area contributed by atoms with E-state index in [1.807, 2.05) is 11.5 Å². The molecule has 3 aromatic rings. The van der Waals surface area contributed by atoms with Crippen molar-refractivity contribution in [1.82, 2.24) is 24.6 Å². The largest absolute Gasteiger partial charge is 0.442 e. The fourth-order valence-electron chi connectivity index (χ4n) is 3.57. The quantitative estimate of drug-likeness (QED) is 0.666. The van der Waals surface area contributed by atoms with Crippen molar-refractivity contribution < 1.29 is 13.6 Å². The van der Waals surface area contributed by atoms with Gasteiger partial charge in [0.05, 0.1) is 16.8 Å². The van der Waals surface area contributed by atoms with Crippen molar-refractivity contribution >= 4 is 17.5 Å². The van der Waals surface area contributed by atoms with Crippen molar-refractivity contribution in [1.29, 1.82) is 0 Å². The maximum absolute atomic E-state index is 13.8. The van der Waals surface area contributed by atoms with E-state index in [4.69, 9.17) is 16.0 Å². The molecule has 1 atom stereocenters. The Labute approximate surface area is 165 Å². The minimum absolute atomic E-state index is 0.0101. The summed E-state index contributed by atoms with van der Waals surface area (Å²) in [6.45, 7) is 2.82. The van der Waals surface area contributed by atoms with E-state index < -0.39 is 5.82 Å². The van der Waals surface area contributed by atoms with Crippen molar-refractivity contribution in [2.24, 2.45) is 0 Å². The first kappa shape index (κ1) is 17.4. The molecule has 0 spiro atoms. The number of amides is 1. The molecule has 1 amide bonds. The zero-order valence-electron chi connectivity index (χ0n) is 15.1. The summed E-state index contributed by atoms with van der Waals surface area (Å²) in [5, 5.41) is 8.50. The number of benzene rings is 1. The van der Waals surface area contributed by atoms with Crippen LogP contribution >= 0.6 is 11.6 Å². The molecule has 0 bridgehead atoms. The number of aromatic nitrogens is 4. The van der Waals surface area contributed by atoms with Crippen molar-refractivity contribution in [3.63, 3.8) is 0 Å². The second-order valence-electron chi connectivity index (χ2n) is 7.19. The lowest BCUT2D eigenvalue weighted by atomic mass is 10.1. The number of fused-ring (bicyclic) bond motifs is 1. The van der Waals surface area contributed by atoms with Gasteiger partial charge in [-0.3, -0.25) is 4.79 Å². The minimum atomic E-state index is -0.613. The molecule has 144 valence electrons. The van der Waals surface area contributed by atoms with Gasteiger partial charge in [0.15, 0.2) is 5.82 Å². The van der Waals surface area contributed by atoms with Gasteiger partial charge in [0.1, 0.15) is 12.1 Å². The molecule has 5 rings (SSSR count). The van der Waals surface area contributed by atoms with Gasteiger partial charge in [-0.15, -0.1) is 10.2 Å². The maximum atomic E-state index is 13.8. The number of carbonyl (C=O) groups excluding carboxylic acids is 1. The van der Waals surface area contributed by atoms with Gasteiger partial charge in [0.25, 0.3) is 11.8 Å². The van der Waals surface area contributed by atoms with Gasteiger partial charge >= 0.3 is 0 Å². The van der Waals surface area contributed by atoms with Crippen LogP contribution in [-0.4, -0.2) is 37.1 Å². The Bertz CT molecular complexity index is 1070. The van der Waals surface area contributed by atoms with Gasteiger partial charge < -0.3 is 13.9 Å². The van der Waals surface area contributed by atoms with E-state index in [0.717, 1.165) is 24.6 Å². The van der Waals surface area contributed by atoms with Gasteiger partial charge in [-0.1, -0.05) is 11.6 Å². The predicted molar refractivity (Wildman–Crippen MR) is 98.4 cm³/mol. The van der Waals surface area contributed by atoms with Crippen molar-refractivity contribution in [3.8, 4) is 11.7 Å². The van der Waals surface area contributed by atoms with Crippen molar-refractivity contribution in [2.75, 3.05) is 6.54 Å². The molecule has 2 aromatic heterocycles. The van der Waals surface area contributed by atoms with E-state index in [1.54, 1.807) is 11.2 Å². The number of carbonyl (C=O) groups is 1. The van der Waals surface area contributed by atoms with Crippen LogP contribution in [-0.2, 0) is 6.54 Å². The Kier molecular flexibility index (Phi) is 3.97. The zero-order valence-corrected chi connectivity index (χ0v) is 15.9. The first-order chi connectivity index (χ1) is 13.5. The van der Waals surface area contributed by atoms with Gasteiger partial charge in [0, 0.05) is 24.6 Å². The van der Waals surface area contributed by atoms with E-state index in [2.05, 4.69) is 15.2 Å². The molecule has 0 saturated heterocycles. The summed E-state index contributed by atoms with van der Waals surface area (Å²) < 4.78 is 21.3. The Morgan fingerprint density at radius 3 is 2.86 bits per heavy atom.